The number of sulfonamides is 2. The lowest BCUT2D eigenvalue weighted by molar-refractivity contribution is -0.141. The number of benzene rings is 3. The first-order chi connectivity index (χ1) is 24.4. The number of carbonyl (C=O) groups excluding carboxylic acids is 3. The average Bonchev–Trinajstić information content (AvgIpc) is 3.46. The van der Waals surface area contributed by atoms with Gasteiger partial charge in [-0.25, -0.2) is 26.2 Å². The van der Waals surface area contributed by atoms with Gasteiger partial charge in [0, 0.05) is 11.1 Å². The largest absolute Gasteiger partial charge is 0.497 e. The zero-order valence-corrected chi connectivity index (χ0v) is 31.4. The molecule has 0 amide bonds. The Kier molecular flexibility index (Phi) is 12.2. The van der Waals surface area contributed by atoms with Crippen molar-refractivity contribution in [1.29, 1.82) is 0 Å². The quantitative estimate of drug-likeness (QED) is 0.130. The number of carbonyl (C=O) groups is 3. The van der Waals surface area contributed by atoms with E-state index in [0.29, 0.717) is 11.5 Å². The summed E-state index contributed by atoms with van der Waals surface area (Å²) in [5.74, 6) is -0.847. The highest BCUT2D eigenvalue weighted by molar-refractivity contribution is 7.92. The van der Waals surface area contributed by atoms with Gasteiger partial charge in [-0.2, -0.15) is 4.31 Å². The van der Waals surface area contributed by atoms with Crippen molar-refractivity contribution in [1.82, 2.24) is 8.87 Å². The van der Waals surface area contributed by atoms with Gasteiger partial charge in [0.2, 0.25) is 10.0 Å². The summed E-state index contributed by atoms with van der Waals surface area (Å²) in [6.45, 7) is 4.67. The van der Waals surface area contributed by atoms with E-state index in [2.05, 4.69) is 0 Å². The number of rotatable bonds is 14. The SMILES string of the molecule is CCOC(=O)CN(c1ccc2c(c1)cc(CN(CC(=O)OC)S(=O)(=O)c1ccc(OC)cc1)n2C(=O)OC(C)(C)C)S(=O)(=O)c1ccc(OC)cc1. The summed E-state index contributed by atoms with van der Waals surface area (Å²) in [5.41, 5.74) is -0.612. The maximum atomic E-state index is 14.0. The lowest BCUT2D eigenvalue weighted by atomic mass is 10.2. The molecule has 1 heterocycles. The number of hydrogen-bond acceptors (Lipinski definition) is 12. The van der Waals surface area contributed by atoms with E-state index in [-0.39, 0.29) is 38.7 Å². The van der Waals surface area contributed by atoms with Crippen LogP contribution in [0.15, 0.2) is 82.6 Å². The summed E-state index contributed by atoms with van der Waals surface area (Å²) < 4.78 is 84.5. The van der Waals surface area contributed by atoms with Crippen molar-refractivity contribution in [2.24, 2.45) is 0 Å². The fourth-order valence-electron chi connectivity index (χ4n) is 5.08. The van der Waals surface area contributed by atoms with E-state index in [1.807, 2.05) is 0 Å². The molecule has 1 aromatic heterocycles. The van der Waals surface area contributed by atoms with Crippen molar-refractivity contribution in [3.63, 3.8) is 0 Å². The van der Waals surface area contributed by atoms with Gasteiger partial charge in [-0.05, 0) is 100 Å². The second-order valence-corrected chi connectivity index (χ2v) is 16.0. The number of hydrogen-bond donors (Lipinski definition) is 0. The average molecular weight is 760 g/mol. The normalized spacial score (nSPS) is 12.0. The molecule has 0 aliphatic carbocycles. The molecule has 52 heavy (non-hydrogen) atoms. The van der Waals surface area contributed by atoms with Gasteiger partial charge in [-0.15, -0.1) is 0 Å². The van der Waals surface area contributed by atoms with Crippen LogP contribution in [0.3, 0.4) is 0 Å². The van der Waals surface area contributed by atoms with Crippen molar-refractivity contribution in [2.75, 3.05) is 45.3 Å². The number of ether oxygens (including phenoxy) is 5. The Bertz CT molecular complexity index is 2140. The van der Waals surface area contributed by atoms with Gasteiger partial charge in [0.25, 0.3) is 10.0 Å². The zero-order valence-electron chi connectivity index (χ0n) is 29.8. The van der Waals surface area contributed by atoms with Gasteiger partial charge < -0.3 is 23.7 Å². The van der Waals surface area contributed by atoms with E-state index in [1.54, 1.807) is 27.7 Å². The molecular formula is C35H41N3O12S2. The fraction of sp³-hybridized carbons (Fsp3) is 0.343. The van der Waals surface area contributed by atoms with Crippen LogP contribution in [0.1, 0.15) is 33.4 Å². The number of nitrogens with zero attached hydrogens (tertiary/aromatic N) is 3. The molecule has 0 N–H and O–H groups in total. The molecule has 0 radical (unpaired) electrons. The Morgan fingerprint density at radius 2 is 1.29 bits per heavy atom. The Balaban J connectivity index is 1.90. The van der Waals surface area contributed by atoms with E-state index in [1.165, 1.54) is 87.0 Å². The molecule has 4 rings (SSSR count). The number of anilines is 1. The van der Waals surface area contributed by atoms with Crippen LogP contribution in [0, 0.1) is 0 Å². The number of aromatic nitrogens is 1. The zero-order chi connectivity index (χ0) is 38.4. The third-order valence-corrected chi connectivity index (χ3v) is 11.1. The number of methoxy groups -OCH3 is 3. The Labute approximate surface area is 302 Å². The maximum absolute atomic E-state index is 14.0. The minimum Gasteiger partial charge on any atom is -0.497 e. The minimum atomic E-state index is -4.38. The lowest BCUT2D eigenvalue weighted by Gasteiger charge is -2.24. The summed E-state index contributed by atoms with van der Waals surface area (Å²) in [6.07, 6.45) is -0.862. The van der Waals surface area contributed by atoms with Crippen molar-refractivity contribution in [3.8, 4) is 11.5 Å². The smallest absolute Gasteiger partial charge is 0.419 e. The number of esters is 2. The van der Waals surface area contributed by atoms with Crippen molar-refractivity contribution < 1.29 is 54.9 Å². The predicted molar refractivity (Wildman–Crippen MR) is 190 cm³/mol. The first kappa shape index (κ1) is 39.7. The van der Waals surface area contributed by atoms with Crippen LogP contribution in [-0.2, 0) is 50.4 Å². The molecule has 0 fully saturated rings. The van der Waals surface area contributed by atoms with Crippen LogP contribution in [0.2, 0.25) is 0 Å². The highest BCUT2D eigenvalue weighted by Gasteiger charge is 2.32. The Morgan fingerprint density at radius 1 is 0.731 bits per heavy atom. The van der Waals surface area contributed by atoms with Crippen LogP contribution in [0.5, 0.6) is 11.5 Å². The highest BCUT2D eigenvalue weighted by Crippen LogP contribution is 2.32. The molecular weight excluding hydrogens is 719 g/mol. The Hall–Kier alpha value is -5.13. The maximum Gasteiger partial charge on any atom is 0.419 e. The van der Waals surface area contributed by atoms with Crippen LogP contribution in [-0.4, -0.2) is 90.4 Å². The van der Waals surface area contributed by atoms with E-state index < -0.39 is 63.3 Å². The lowest BCUT2D eigenvalue weighted by Crippen LogP contribution is -2.37. The second-order valence-electron chi connectivity index (χ2n) is 12.2. The van der Waals surface area contributed by atoms with E-state index in [4.69, 9.17) is 23.7 Å². The highest BCUT2D eigenvalue weighted by atomic mass is 32.2. The standard InChI is InChI=1S/C35H41N3O12S2/c1-8-49-33(40)23-37(52(44,45)30-16-12-28(47-6)13-17-30)25-9-18-31-24(19-25)20-26(38(31)34(41)50-35(2,3)4)21-36(22-32(39)48-7)51(42,43)29-14-10-27(46-5)11-15-29/h9-20H,8,21-23H2,1-7H3. The molecule has 3 aromatic carbocycles. The summed E-state index contributed by atoms with van der Waals surface area (Å²) in [4.78, 5) is 38.7. The van der Waals surface area contributed by atoms with Gasteiger partial charge in [-0.3, -0.25) is 13.9 Å². The summed E-state index contributed by atoms with van der Waals surface area (Å²) >= 11 is 0. The molecule has 0 aliphatic rings. The Morgan fingerprint density at radius 3 is 1.79 bits per heavy atom. The molecule has 0 aliphatic heterocycles. The van der Waals surface area contributed by atoms with Gasteiger partial charge in [-0.1, -0.05) is 0 Å². The number of fused-ring (bicyclic) bond motifs is 1. The van der Waals surface area contributed by atoms with Crippen LogP contribution >= 0.6 is 0 Å². The van der Waals surface area contributed by atoms with E-state index in [0.717, 1.165) is 20.3 Å². The molecule has 15 nitrogen and oxygen atoms in total. The first-order valence-electron chi connectivity index (χ1n) is 15.9. The summed E-state index contributed by atoms with van der Waals surface area (Å²) in [6, 6.07) is 16.9. The molecule has 0 atom stereocenters. The van der Waals surface area contributed by atoms with Crippen molar-refractivity contribution in [3.05, 3.63) is 78.5 Å². The molecule has 0 bridgehead atoms. The molecule has 280 valence electrons. The molecule has 0 saturated carbocycles. The first-order valence-corrected chi connectivity index (χ1v) is 18.7. The molecule has 17 heteroatoms. The van der Waals surface area contributed by atoms with Crippen molar-refractivity contribution in [2.45, 2.75) is 49.6 Å². The molecule has 0 unspecified atom stereocenters. The van der Waals surface area contributed by atoms with Gasteiger partial charge in [0.1, 0.15) is 30.2 Å². The van der Waals surface area contributed by atoms with E-state index >= 15 is 0 Å². The predicted octanol–water partition coefficient (Wildman–Crippen LogP) is 4.56. The minimum absolute atomic E-state index is 0.0118. The molecule has 0 spiro atoms. The fourth-order valence-corrected chi connectivity index (χ4v) is 7.84. The van der Waals surface area contributed by atoms with Crippen LogP contribution in [0.25, 0.3) is 10.9 Å². The topological polar surface area (TPSA) is 177 Å². The third-order valence-electron chi connectivity index (χ3n) is 7.52. The monoisotopic (exact) mass is 759 g/mol. The van der Waals surface area contributed by atoms with Crippen LogP contribution in [0.4, 0.5) is 10.5 Å². The third kappa shape index (κ3) is 9.02. The van der Waals surface area contributed by atoms with E-state index in [9.17, 15) is 31.2 Å². The second kappa shape index (κ2) is 16.0. The summed E-state index contributed by atoms with van der Waals surface area (Å²) in [7, 11) is -4.76. The van der Waals surface area contributed by atoms with Crippen molar-refractivity contribution >= 4 is 54.7 Å². The molecule has 4 aromatic rings. The summed E-state index contributed by atoms with van der Waals surface area (Å²) in [5, 5.41) is 0.289. The van der Waals surface area contributed by atoms with Gasteiger partial charge in [0.15, 0.2) is 0 Å². The van der Waals surface area contributed by atoms with Gasteiger partial charge >= 0.3 is 18.0 Å². The van der Waals surface area contributed by atoms with Gasteiger partial charge in [0.05, 0.1) is 55.5 Å². The molecule has 0 saturated heterocycles. The van der Waals surface area contributed by atoms with Crippen LogP contribution < -0.4 is 13.8 Å².